The second-order valence-electron chi connectivity index (χ2n) is 3.18. The van der Waals surface area contributed by atoms with Gasteiger partial charge in [0.25, 0.3) is 10.1 Å². The number of carboxylic acids is 1. The van der Waals surface area contributed by atoms with E-state index in [1.165, 1.54) is 19.9 Å². The van der Waals surface area contributed by atoms with Gasteiger partial charge in [0, 0.05) is 6.08 Å². The molecule has 13 heavy (non-hydrogen) atoms. The zero-order chi connectivity index (χ0) is 10.7. The first-order valence-electron chi connectivity index (χ1n) is 3.53. The van der Waals surface area contributed by atoms with Crippen molar-refractivity contribution >= 4 is 16.1 Å². The number of allylic oxidation sites excluding steroid dienone is 1. The van der Waals surface area contributed by atoms with Crippen LogP contribution in [0.15, 0.2) is 12.2 Å². The zero-order valence-electron chi connectivity index (χ0n) is 7.39. The maximum atomic E-state index is 10.7. The Morgan fingerprint density at radius 1 is 1.46 bits per heavy atom. The van der Waals surface area contributed by atoms with E-state index in [-0.39, 0.29) is 6.42 Å². The predicted octanol–water partition coefficient (Wildman–Crippen LogP) is 0.684. The van der Waals surface area contributed by atoms with Crippen molar-refractivity contribution in [2.45, 2.75) is 25.0 Å². The van der Waals surface area contributed by atoms with Gasteiger partial charge in [-0.3, -0.25) is 4.55 Å². The lowest BCUT2D eigenvalue weighted by atomic mass is 10.1. The van der Waals surface area contributed by atoms with Gasteiger partial charge in [-0.1, -0.05) is 6.08 Å². The first-order valence-corrected chi connectivity index (χ1v) is 4.97. The molecule has 0 aromatic rings. The fourth-order valence-corrected chi connectivity index (χ4v) is 0.856. The van der Waals surface area contributed by atoms with Gasteiger partial charge in [0.2, 0.25) is 0 Å². The van der Waals surface area contributed by atoms with Gasteiger partial charge < -0.3 is 5.11 Å². The maximum Gasteiger partial charge on any atom is 0.327 e. The van der Waals surface area contributed by atoms with Crippen LogP contribution in [0.1, 0.15) is 20.3 Å². The van der Waals surface area contributed by atoms with Crippen LogP contribution in [0.4, 0.5) is 0 Å². The fraction of sp³-hybridized carbons (Fsp3) is 0.571. The quantitative estimate of drug-likeness (QED) is 0.523. The molecule has 0 aliphatic carbocycles. The Hall–Kier alpha value is -0.880. The fourth-order valence-electron chi connectivity index (χ4n) is 0.549. The predicted molar refractivity (Wildman–Crippen MR) is 47.0 cm³/mol. The smallest absolute Gasteiger partial charge is 0.327 e. The molecule has 76 valence electrons. The minimum absolute atomic E-state index is 0.0435. The van der Waals surface area contributed by atoms with Crippen LogP contribution in [0.5, 0.6) is 0 Å². The van der Waals surface area contributed by atoms with Crippen LogP contribution in [0.25, 0.3) is 0 Å². The number of rotatable bonds is 4. The zero-order valence-corrected chi connectivity index (χ0v) is 8.21. The van der Waals surface area contributed by atoms with Crippen molar-refractivity contribution in [2.24, 2.45) is 0 Å². The highest BCUT2D eigenvalue weighted by atomic mass is 32.2. The molecule has 0 fully saturated rings. The molecule has 6 heteroatoms. The van der Waals surface area contributed by atoms with Crippen LogP contribution in [-0.4, -0.2) is 28.8 Å². The molecule has 0 aromatic carbocycles. The molecule has 2 N–H and O–H groups in total. The number of carboxylic acid groups (broad SMARTS) is 1. The van der Waals surface area contributed by atoms with Gasteiger partial charge in [-0.15, -0.1) is 0 Å². The number of aliphatic carboxylic acids is 1. The van der Waals surface area contributed by atoms with Crippen molar-refractivity contribution in [1.29, 1.82) is 0 Å². The molecule has 0 saturated carbocycles. The topological polar surface area (TPSA) is 91.7 Å². The lowest BCUT2D eigenvalue weighted by molar-refractivity contribution is -0.131. The molecule has 0 spiro atoms. The van der Waals surface area contributed by atoms with Crippen LogP contribution in [-0.2, 0) is 14.9 Å². The van der Waals surface area contributed by atoms with Crippen molar-refractivity contribution in [3.63, 3.8) is 0 Å². The molecule has 0 bridgehead atoms. The molecule has 5 nitrogen and oxygen atoms in total. The van der Waals surface area contributed by atoms with Gasteiger partial charge in [-0.05, 0) is 20.3 Å². The summed E-state index contributed by atoms with van der Waals surface area (Å²) in [4.78, 5) is 10.0. The van der Waals surface area contributed by atoms with Gasteiger partial charge in [-0.25, -0.2) is 4.79 Å². The Morgan fingerprint density at radius 3 is 2.23 bits per heavy atom. The third-order valence-corrected chi connectivity index (χ3v) is 3.13. The Labute approximate surface area is 76.8 Å². The highest BCUT2D eigenvalue weighted by Crippen LogP contribution is 2.19. The van der Waals surface area contributed by atoms with E-state index in [0.29, 0.717) is 0 Å². The van der Waals surface area contributed by atoms with E-state index in [0.717, 1.165) is 6.08 Å². The van der Waals surface area contributed by atoms with E-state index in [4.69, 9.17) is 9.66 Å². The minimum Gasteiger partial charge on any atom is -0.478 e. The first-order chi connectivity index (χ1) is 5.67. The van der Waals surface area contributed by atoms with Gasteiger partial charge >= 0.3 is 5.97 Å². The molecule has 0 aliphatic rings. The van der Waals surface area contributed by atoms with E-state index < -0.39 is 20.8 Å². The average molecular weight is 208 g/mol. The summed E-state index contributed by atoms with van der Waals surface area (Å²) >= 11 is 0. The largest absolute Gasteiger partial charge is 0.478 e. The highest BCUT2D eigenvalue weighted by Gasteiger charge is 2.30. The normalized spacial score (nSPS) is 13.5. The summed E-state index contributed by atoms with van der Waals surface area (Å²) in [7, 11) is -4.14. The lowest BCUT2D eigenvalue weighted by Gasteiger charge is -2.17. The molecule has 0 rings (SSSR count). The first kappa shape index (κ1) is 12.1. The Bertz CT molecular complexity index is 312. The maximum absolute atomic E-state index is 10.7. The summed E-state index contributed by atoms with van der Waals surface area (Å²) < 4.78 is 28.8. The SMILES string of the molecule is CC(C)(CC=CC(=O)O)S(=O)(=O)O. The molecule has 0 saturated heterocycles. The van der Waals surface area contributed by atoms with E-state index in [2.05, 4.69) is 0 Å². The van der Waals surface area contributed by atoms with Crippen LogP contribution in [0.2, 0.25) is 0 Å². The van der Waals surface area contributed by atoms with Gasteiger partial charge in [0.1, 0.15) is 0 Å². The van der Waals surface area contributed by atoms with E-state index >= 15 is 0 Å². The summed E-state index contributed by atoms with van der Waals surface area (Å²) in [6.45, 7) is 2.63. The summed E-state index contributed by atoms with van der Waals surface area (Å²) in [6, 6.07) is 0. The summed E-state index contributed by atoms with van der Waals surface area (Å²) in [5.41, 5.74) is 0. The third-order valence-electron chi connectivity index (χ3n) is 1.57. The third kappa shape index (κ3) is 4.05. The molecular formula is C7H12O5S. The summed E-state index contributed by atoms with van der Waals surface area (Å²) in [5, 5.41) is 8.21. The van der Waals surface area contributed by atoms with Crippen LogP contribution < -0.4 is 0 Å². The van der Waals surface area contributed by atoms with Gasteiger partial charge in [-0.2, -0.15) is 8.42 Å². The Morgan fingerprint density at radius 2 is 1.92 bits per heavy atom. The van der Waals surface area contributed by atoms with Crippen molar-refractivity contribution in [3.8, 4) is 0 Å². The van der Waals surface area contributed by atoms with Crippen molar-refractivity contribution < 1.29 is 22.9 Å². The highest BCUT2D eigenvalue weighted by molar-refractivity contribution is 7.87. The Kier molecular flexibility index (Phi) is 3.62. The van der Waals surface area contributed by atoms with Crippen LogP contribution >= 0.6 is 0 Å². The van der Waals surface area contributed by atoms with Crippen molar-refractivity contribution in [2.75, 3.05) is 0 Å². The second-order valence-corrected chi connectivity index (χ2v) is 5.23. The molecule has 0 radical (unpaired) electrons. The second kappa shape index (κ2) is 3.89. The summed E-state index contributed by atoms with van der Waals surface area (Å²) in [6.07, 6.45) is 1.99. The van der Waals surface area contributed by atoms with Crippen molar-refractivity contribution in [1.82, 2.24) is 0 Å². The standard InChI is InChI=1S/C7H12O5S/c1-7(2,13(10,11)12)5-3-4-6(8)9/h3-4H,5H2,1-2H3,(H,8,9)(H,10,11,12). The number of hydrogen-bond acceptors (Lipinski definition) is 3. The molecule has 0 atom stereocenters. The lowest BCUT2D eigenvalue weighted by Crippen LogP contribution is -2.30. The van der Waals surface area contributed by atoms with E-state index in [9.17, 15) is 13.2 Å². The molecular weight excluding hydrogens is 196 g/mol. The van der Waals surface area contributed by atoms with E-state index in [1.54, 1.807) is 0 Å². The molecule has 0 heterocycles. The van der Waals surface area contributed by atoms with Crippen molar-refractivity contribution in [3.05, 3.63) is 12.2 Å². The number of hydrogen-bond donors (Lipinski definition) is 2. The molecule has 0 aromatic heterocycles. The summed E-state index contributed by atoms with van der Waals surface area (Å²) in [5.74, 6) is -1.15. The minimum atomic E-state index is -4.14. The van der Waals surface area contributed by atoms with Crippen LogP contribution in [0.3, 0.4) is 0 Å². The number of carbonyl (C=O) groups is 1. The molecule has 0 aliphatic heterocycles. The van der Waals surface area contributed by atoms with E-state index in [1.807, 2.05) is 0 Å². The Balaban J connectivity index is 4.46. The van der Waals surface area contributed by atoms with Crippen LogP contribution in [0, 0.1) is 0 Å². The van der Waals surface area contributed by atoms with Gasteiger partial charge in [0.15, 0.2) is 0 Å². The average Bonchev–Trinajstić information content (AvgIpc) is 1.82. The molecule has 0 unspecified atom stereocenters. The monoisotopic (exact) mass is 208 g/mol. The molecule has 0 amide bonds. The van der Waals surface area contributed by atoms with Gasteiger partial charge in [0.05, 0.1) is 4.75 Å².